The van der Waals surface area contributed by atoms with Crippen LogP contribution in [0, 0.1) is 11.2 Å². The minimum atomic E-state index is -0.658. The molecule has 0 aliphatic heterocycles. The number of hydrogen-bond donors (Lipinski definition) is 2. The molecular formula is C15H22FNO2. The van der Waals surface area contributed by atoms with Crippen molar-refractivity contribution in [2.45, 2.75) is 25.4 Å². The molecule has 0 spiro atoms. The van der Waals surface area contributed by atoms with Gasteiger partial charge in [-0.2, -0.15) is 0 Å². The number of nitrogens with one attached hydrogen (secondary N) is 1. The van der Waals surface area contributed by atoms with Crippen molar-refractivity contribution in [1.82, 2.24) is 5.32 Å². The van der Waals surface area contributed by atoms with Gasteiger partial charge in [0, 0.05) is 26.8 Å². The Bertz CT molecular complexity index is 407. The van der Waals surface area contributed by atoms with Gasteiger partial charge in [-0.05, 0) is 42.4 Å². The molecule has 0 aromatic heterocycles. The average Bonchev–Trinajstić information content (AvgIpc) is 3.17. The van der Waals surface area contributed by atoms with Gasteiger partial charge in [0.25, 0.3) is 0 Å². The molecule has 19 heavy (non-hydrogen) atoms. The van der Waals surface area contributed by atoms with Gasteiger partial charge in [0.15, 0.2) is 0 Å². The monoisotopic (exact) mass is 267 g/mol. The van der Waals surface area contributed by atoms with Crippen molar-refractivity contribution in [3.8, 4) is 0 Å². The van der Waals surface area contributed by atoms with Crippen LogP contribution in [0.1, 0.15) is 30.9 Å². The van der Waals surface area contributed by atoms with Crippen molar-refractivity contribution in [1.29, 1.82) is 0 Å². The fraction of sp³-hybridized carbons (Fsp3) is 0.600. The molecule has 3 nitrogen and oxygen atoms in total. The summed E-state index contributed by atoms with van der Waals surface area (Å²) in [7, 11) is 1.72. The van der Waals surface area contributed by atoms with Crippen LogP contribution in [0.3, 0.4) is 0 Å². The van der Waals surface area contributed by atoms with Crippen molar-refractivity contribution >= 4 is 0 Å². The highest BCUT2D eigenvalue weighted by Gasteiger charge is 2.41. The Labute approximate surface area is 113 Å². The number of benzene rings is 1. The van der Waals surface area contributed by atoms with Gasteiger partial charge < -0.3 is 15.2 Å². The summed E-state index contributed by atoms with van der Waals surface area (Å²) in [5.41, 5.74) is 0.978. The molecule has 1 aromatic carbocycles. The highest BCUT2D eigenvalue weighted by Crippen LogP contribution is 2.48. The molecule has 1 aliphatic rings. The summed E-state index contributed by atoms with van der Waals surface area (Å²) >= 11 is 0. The molecule has 1 aromatic rings. The molecule has 0 amide bonds. The van der Waals surface area contributed by atoms with E-state index in [4.69, 9.17) is 4.74 Å². The lowest BCUT2D eigenvalue weighted by atomic mass is 10.0. The topological polar surface area (TPSA) is 41.5 Å². The van der Waals surface area contributed by atoms with E-state index < -0.39 is 6.10 Å². The number of aliphatic hydroxyl groups excluding tert-OH is 1. The Morgan fingerprint density at radius 2 is 2.26 bits per heavy atom. The van der Waals surface area contributed by atoms with Crippen LogP contribution in [0.5, 0.6) is 0 Å². The first-order valence-corrected chi connectivity index (χ1v) is 6.78. The molecule has 1 saturated carbocycles. The third-order valence-corrected chi connectivity index (χ3v) is 3.86. The first-order chi connectivity index (χ1) is 9.15. The Kier molecular flexibility index (Phi) is 4.91. The second kappa shape index (κ2) is 6.46. The first kappa shape index (κ1) is 14.4. The van der Waals surface area contributed by atoms with Gasteiger partial charge in [-0.1, -0.05) is 12.1 Å². The second-order valence-corrected chi connectivity index (χ2v) is 5.44. The smallest absolute Gasteiger partial charge is 0.123 e. The van der Waals surface area contributed by atoms with E-state index in [1.165, 1.54) is 25.0 Å². The fourth-order valence-electron chi connectivity index (χ4n) is 2.32. The molecule has 1 fully saturated rings. The highest BCUT2D eigenvalue weighted by molar-refractivity contribution is 5.19. The first-order valence-electron chi connectivity index (χ1n) is 6.78. The van der Waals surface area contributed by atoms with Crippen molar-refractivity contribution in [2.24, 2.45) is 5.41 Å². The third-order valence-electron chi connectivity index (χ3n) is 3.86. The van der Waals surface area contributed by atoms with Gasteiger partial charge in [-0.3, -0.25) is 0 Å². The van der Waals surface area contributed by atoms with E-state index >= 15 is 0 Å². The summed E-state index contributed by atoms with van der Waals surface area (Å²) in [5, 5.41) is 13.3. The lowest BCUT2D eigenvalue weighted by Gasteiger charge is -2.18. The molecular weight excluding hydrogens is 245 g/mol. The molecule has 2 N–H and O–H groups in total. The number of methoxy groups -OCH3 is 1. The summed E-state index contributed by atoms with van der Waals surface area (Å²) in [6.07, 6.45) is 2.85. The zero-order valence-electron chi connectivity index (χ0n) is 11.4. The van der Waals surface area contributed by atoms with Crippen molar-refractivity contribution in [3.63, 3.8) is 0 Å². The molecule has 0 saturated heterocycles. The van der Waals surface area contributed by atoms with Crippen molar-refractivity contribution < 1.29 is 14.2 Å². The summed E-state index contributed by atoms with van der Waals surface area (Å²) in [6.45, 7) is 2.13. The lowest BCUT2D eigenvalue weighted by molar-refractivity contribution is 0.158. The molecule has 0 heterocycles. The van der Waals surface area contributed by atoms with Gasteiger partial charge in [0.05, 0.1) is 6.10 Å². The Hall–Kier alpha value is -0.970. The number of aliphatic hydroxyl groups is 1. The zero-order valence-corrected chi connectivity index (χ0v) is 11.4. The van der Waals surface area contributed by atoms with Crippen LogP contribution in [0.2, 0.25) is 0 Å². The number of halogens is 1. The molecule has 1 aliphatic carbocycles. The van der Waals surface area contributed by atoms with Gasteiger partial charge in [-0.15, -0.1) is 0 Å². The standard InChI is InChI=1S/C15H22FNO2/c1-19-8-7-15(5-6-15)11-17-10-14(18)12-3-2-4-13(16)9-12/h2-4,9,14,17-18H,5-8,10-11H2,1H3. The minimum absolute atomic E-state index is 0.310. The van der Waals surface area contributed by atoms with E-state index in [-0.39, 0.29) is 5.82 Å². The summed E-state index contributed by atoms with van der Waals surface area (Å²) in [5.74, 6) is -0.310. The van der Waals surface area contributed by atoms with Gasteiger partial charge in [0.1, 0.15) is 5.82 Å². The minimum Gasteiger partial charge on any atom is -0.387 e. The van der Waals surface area contributed by atoms with E-state index in [9.17, 15) is 9.50 Å². The molecule has 4 heteroatoms. The van der Waals surface area contributed by atoms with Crippen LogP contribution in [-0.4, -0.2) is 31.9 Å². The largest absolute Gasteiger partial charge is 0.387 e. The van der Waals surface area contributed by atoms with Crippen LogP contribution in [-0.2, 0) is 4.74 Å². The van der Waals surface area contributed by atoms with E-state index in [1.54, 1.807) is 19.2 Å². The normalized spacial score (nSPS) is 18.3. The molecule has 0 radical (unpaired) electrons. The van der Waals surface area contributed by atoms with E-state index in [2.05, 4.69) is 5.32 Å². The molecule has 106 valence electrons. The summed E-state index contributed by atoms with van der Waals surface area (Å²) in [6, 6.07) is 6.12. The number of hydrogen-bond acceptors (Lipinski definition) is 3. The SMILES string of the molecule is COCCC1(CNCC(O)c2cccc(F)c2)CC1. The van der Waals surface area contributed by atoms with Gasteiger partial charge in [0.2, 0.25) is 0 Å². The number of ether oxygens (including phenoxy) is 1. The molecule has 2 rings (SSSR count). The Morgan fingerprint density at radius 1 is 1.47 bits per heavy atom. The molecule has 1 atom stereocenters. The Morgan fingerprint density at radius 3 is 2.89 bits per heavy atom. The Balaban J connectivity index is 1.74. The van der Waals surface area contributed by atoms with Gasteiger partial charge in [-0.25, -0.2) is 4.39 Å². The van der Waals surface area contributed by atoms with Crippen LogP contribution >= 0.6 is 0 Å². The predicted molar refractivity (Wildman–Crippen MR) is 72.4 cm³/mol. The zero-order chi connectivity index (χ0) is 13.7. The maximum absolute atomic E-state index is 13.0. The lowest BCUT2D eigenvalue weighted by Crippen LogP contribution is -2.29. The van der Waals surface area contributed by atoms with E-state index in [1.807, 2.05) is 0 Å². The van der Waals surface area contributed by atoms with Crippen LogP contribution in [0.25, 0.3) is 0 Å². The van der Waals surface area contributed by atoms with E-state index in [0.29, 0.717) is 17.5 Å². The highest BCUT2D eigenvalue weighted by atomic mass is 19.1. The van der Waals surface area contributed by atoms with Crippen LogP contribution < -0.4 is 5.32 Å². The molecule has 1 unspecified atom stereocenters. The quantitative estimate of drug-likeness (QED) is 0.759. The second-order valence-electron chi connectivity index (χ2n) is 5.44. The summed E-state index contributed by atoms with van der Waals surface area (Å²) < 4.78 is 18.2. The van der Waals surface area contributed by atoms with Crippen molar-refractivity contribution in [3.05, 3.63) is 35.6 Å². The number of rotatable bonds is 8. The van der Waals surface area contributed by atoms with Crippen LogP contribution in [0.4, 0.5) is 4.39 Å². The average molecular weight is 267 g/mol. The predicted octanol–water partition coefficient (Wildman–Crippen LogP) is 2.27. The van der Waals surface area contributed by atoms with Gasteiger partial charge >= 0.3 is 0 Å². The maximum atomic E-state index is 13.0. The summed E-state index contributed by atoms with van der Waals surface area (Å²) in [4.78, 5) is 0. The third kappa shape index (κ3) is 4.27. The maximum Gasteiger partial charge on any atom is 0.123 e. The van der Waals surface area contributed by atoms with Crippen LogP contribution in [0.15, 0.2) is 24.3 Å². The molecule has 0 bridgehead atoms. The fourth-order valence-corrected chi connectivity index (χ4v) is 2.32. The van der Waals surface area contributed by atoms with Crippen molar-refractivity contribution in [2.75, 3.05) is 26.8 Å². The van der Waals surface area contributed by atoms with E-state index in [0.717, 1.165) is 19.6 Å².